The number of amides is 1. The van der Waals surface area contributed by atoms with Gasteiger partial charge in [0.15, 0.2) is 0 Å². The zero-order chi connectivity index (χ0) is 17.1. The lowest BCUT2D eigenvalue weighted by Crippen LogP contribution is -2.12. The fourth-order valence-corrected chi connectivity index (χ4v) is 2.42. The largest absolute Gasteiger partial charge is 0.475 e. The third-order valence-electron chi connectivity index (χ3n) is 3.70. The molecule has 0 radical (unpaired) electrons. The van der Waals surface area contributed by atoms with Gasteiger partial charge < -0.3 is 14.8 Å². The third kappa shape index (κ3) is 3.05. The van der Waals surface area contributed by atoms with E-state index < -0.39 is 5.97 Å². The molecule has 5 nitrogen and oxygen atoms in total. The molecule has 24 heavy (non-hydrogen) atoms. The van der Waals surface area contributed by atoms with Gasteiger partial charge >= 0.3 is 5.97 Å². The van der Waals surface area contributed by atoms with Gasteiger partial charge in [0, 0.05) is 16.8 Å². The van der Waals surface area contributed by atoms with Crippen molar-refractivity contribution < 1.29 is 19.1 Å². The number of carboxylic acid groups (broad SMARTS) is 1. The van der Waals surface area contributed by atoms with Crippen molar-refractivity contribution in [3.63, 3.8) is 0 Å². The van der Waals surface area contributed by atoms with Crippen LogP contribution in [0.1, 0.15) is 26.5 Å². The molecule has 0 atom stereocenters. The molecule has 2 N–H and O–H groups in total. The Kier molecular flexibility index (Phi) is 4.16. The SMILES string of the molecule is Cc1c(NC(=O)c2ccccc2)cccc1-c1ccc(C(=O)O)o1. The molecule has 0 saturated heterocycles. The summed E-state index contributed by atoms with van der Waals surface area (Å²) in [6.45, 7) is 1.85. The van der Waals surface area contributed by atoms with E-state index in [4.69, 9.17) is 9.52 Å². The van der Waals surface area contributed by atoms with Crippen LogP contribution in [0.3, 0.4) is 0 Å². The average Bonchev–Trinajstić information content (AvgIpc) is 3.07. The Bertz CT molecular complexity index is 897. The number of hydrogen-bond acceptors (Lipinski definition) is 3. The molecule has 5 heteroatoms. The highest BCUT2D eigenvalue weighted by atomic mass is 16.4. The number of carbonyl (C=O) groups is 2. The van der Waals surface area contributed by atoms with Crippen molar-refractivity contribution in [2.75, 3.05) is 5.32 Å². The molecule has 0 unspecified atom stereocenters. The molecule has 120 valence electrons. The molecule has 0 aliphatic rings. The van der Waals surface area contributed by atoms with Gasteiger partial charge in [-0.1, -0.05) is 30.3 Å². The minimum atomic E-state index is -1.12. The molecule has 1 aromatic heterocycles. The first-order valence-corrected chi connectivity index (χ1v) is 7.36. The van der Waals surface area contributed by atoms with Gasteiger partial charge in [-0.2, -0.15) is 0 Å². The van der Waals surface area contributed by atoms with E-state index in [-0.39, 0.29) is 11.7 Å². The Morgan fingerprint density at radius 3 is 2.38 bits per heavy atom. The summed E-state index contributed by atoms with van der Waals surface area (Å²) >= 11 is 0. The minimum absolute atomic E-state index is 0.122. The molecule has 0 spiro atoms. The summed E-state index contributed by atoms with van der Waals surface area (Å²) < 4.78 is 5.34. The predicted octanol–water partition coefficient (Wildman–Crippen LogP) is 4.21. The molecule has 0 saturated carbocycles. The molecule has 3 rings (SSSR count). The normalized spacial score (nSPS) is 10.4. The fraction of sp³-hybridized carbons (Fsp3) is 0.0526. The number of aromatic carboxylic acids is 1. The summed E-state index contributed by atoms with van der Waals surface area (Å²) in [5, 5.41) is 11.8. The zero-order valence-electron chi connectivity index (χ0n) is 12.9. The zero-order valence-corrected chi connectivity index (χ0v) is 12.9. The van der Waals surface area contributed by atoms with Gasteiger partial charge in [-0.3, -0.25) is 4.79 Å². The van der Waals surface area contributed by atoms with Crippen molar-refractivity contribution in [1.29, 1.82) is 0 Å². The molecule has 2 aromatic carbocycles. The van der Waals surface area contributed by atoms with Crippen molar-refractivity contribution in [2.45, 2.75) is 6.92 Å². The van der Waals surface area contributed by atoms with Gasteiger partial charge in [0.1, 0.15) is 5.76 Å². The number of rotatable bonds is 4. The number of carboxylic acids is 1. The van der Waals surface area contributed by atoms with E-state index in [0.29, 0.717) is 17.0 Å². The molecule has 3 aromatic rings. The van der Waals surface area contributed by atoms with Crippen LogP contribution >= 0.6 is 0 Å². The van der Waals surface area contributed by atoms with Crippen LogP contribution < -0.4 is 5.32 Å². The van der Waals surface area contributed by atoms with E-state index in [2.05, 4.69) is 5.32 Å². The average molecular weight is 321 g/mol. The summed E-state index contributed by atoms with van der Waals surface area (Å²) in [6.07, 6.45) is 0. The Morgan fingerprint density at radius 1 is 0.958 bits per heavy atom. The van der Waals surface area contributed by atoms with Crippen molar-refractivity contribution in [1.82, 2.24) is 0 Å². The lowest BCUT2D eigenvalue weighted by Gasteiger charge is -2.11. The maximum atomic E-state index is 12.3. The van der Waals surface area contributed by atoms with Gasteiger partial charge in [0.05, 0.1) is 0 Å². The van der Waals surface area contributed by atoms with Crippen LogP contribution in [-0.2, 0) is 0 Å². The second-order valence-electron chi connectivity index (χ2n) is 5.27. The maximum Gasteiger partial charge on any atom is 0.371 e. The Balaban J connectivity index is 1.90. The second kappa shape index (κ2) is 6.42. The lowest BCUT2D eigenvalue weighted by molar-refractivity contribution is 0.0663. The summed E-state index contributed by atoms with van der Waals surface area (Å²) in [5.74, 6) is -1.00. The van der Waals surface area contributed by atoms with Crippen LogP contribution in [0.15, 0.2) is 65.1 Å². The van der Waals surface area contributed by atoms with Crippen LogP contribution in [0.25, 0.3) is 11.3 Å². The Hall–Kier alpha value is -3.34. The molecule has 1 amide bonds. The molecule has 0 bridgehead atoms. The van der Waals surface area contributed by atoms with E-state index in [1.807, 2.05) is 19.1 Å². The van der Waals surface area contributed by atoms with Gasteiger partial charge in [-0.05, 0) is 42.8 Å². The standard InChI is InChI=1S/C19H15NO4/c1-12-14(16-10-11-17(24-16)19(22)23)8-5-9-15(12)20-18(21)13-6-3-2-4-7-13/h2-11H,1H3,(H,20,21)(H,22,23). The topological polar surface area (TPSA) is 79.5 Å². The molecular weight excluding hydrogens is 306 g/mol. The highest BCUT2D eigenvalue weighted by Crippen LogP contribution is 2.30. The predicted molar refractivity (Wildman–Crippen MR) is 90.2 cm³/mol. The first-order chi connectivity index (χ1) is 11.6. The minimum Gasteiger partial charge on any atom is -0.475 e. The van der Waals surface area contributed by atoms with Gasteiger partial charge in [0.2, 0.25) is 5.76 Å². The molecule has 0 aliphatic carbocycles. The Labute approximate surface area is 138 Å². The highest BCUT2D eigenvalue weighted by Gasteiger charge is 2.14. The highest BCUT2D eigenvalue weighted by molar-refractivity contribution is 6.05. The van der Waals surface area contributed by atoms with Gasteiger partial charge in [0.25, 0.3) is 5.91 Å². The number of hydrogen-bond donors (Lipinski definition) is 2. The summed E-state index contributed by atoms with van der Waals surface area (Å²) in [5.41, 5.74) is 2.74. The van der Waals surface area contributed by atoms with Crippen LogP contribution in [-0.4, -0.2) is 17.0 Å². The van der Waals surface area contributed by atoms with Crippen LogP contribution in [0.5, 0.6) is 0 Å². The van der Waals surface area contributed by atoms with E-state index in [1.54, 1.807) is 42.5 Å². The summed E-state index contributed by atoms with van der Waals surface area (Å²) in [6, 6.07) is 17.3. The molecular formula is C19H15NO4. The maximum absolute atomic E-state index is 12.3. The number of benzene rings is 2. The van der Waals surface area contributed by atoms with Crippen molar-refractivity contribution in [3.05, 3.63) is 77.6 Å². The fourth-order valence-electron chi connectivity index (χ4n) is 2.42. The van der Waals surface area contributed by atoms with Crippen LogP contribution in [0, 0.1) is 6.92 Å². The van der Waals surface area contributed by atoms with Crippen molar-refractivity contribution in [2.24, 2.45) is 0 Å². The number of anilines is 1. The third-order valence-corrected chi connectivity index (χ3v) is 3.70. The number of furan rings is 1. The summed E-state index contributed by atoms with van der Waals surface area (Å²) in [4.78, 5) is 23.2. The van der Waals surface area contributed by atoms with E-state index in [1.165, 1.54) is 6.07 Å². The van der Waals surface area contributed by atoms with Crippen LogP contribution in [0.4, 0.5) is 5.69 Å². The quantitative estimate of drug-likeness (QED) is 0.754. The van der Waals surface area contributed by atoms with E-state index in [9.17, 15) is 9.59 Å². The smallest absolute Gasteiger partial charge is 0.371 e. The number of nitrogens with one attached hydrogen (secondary N) is 1. The molecule has 0 fully saturated rings. The van der Waals surface area contributed by atoms with Crippen molar-refractivity contribution in [3.8, 4) is 11.3 Å². The number of carbonyl (C=O) groups excluding carboxylic acids is 1. The molecule has 1 heterocycles. The monoisotopic (exact) mass is 321 g/mol. The second-order valence-corrected chi connectivity index (χ2v) is 5.27. The van der Waals surface area contributed by atoms with Gasteiger partial charge in [-0.15, -0.1) is 0 Å². The van der Waals surface area contributed by atoms with E-state index in [0.717, 1.165) is 11.1 Å². The summed E-state index contributed by atoms with van der Waals surface area (Å²) in [7, 11) is 0. The van der Waals surface area contributed by atoms with Gasteiger partial charge in [-0.25, -0.2) is 4.79 Å². The lowest BCUT2D eigenvalue weighted by atomic mass is 10.0. The van der Waals surface area contributed by atoms with Crippen molar-refractivity contribution >= 4 is 17.6 Å². The first-order valence-electron chi connectivity index (χ1n) is 7.36. The Morgan fingerprint density at radius 2 is 1.71 bits per heavy atom. The van der Waals surface area contributed by atoms with Crippen LogP contribution in [0.2, 0.25) is 0 Å². The molecule has 0 aliphatic heterocycles. The first kappa shape index (κ1) is 15.6. The van der Waals surface area contributed by atoms with E-state index >= 15 is 0 Å².